The van der Waals surface area contributed by atoms with Gasteiger partial charge in [-0.3, -0.25) is 4.99 Å². The Morgan fingerprint density at radius 2 is 1.93 bits per heavy atom. The Hall–Kier alpha value is -1.31. The summed E-state index contributed by atoms with van der Waals surface area (Å²) >= 11 is 0. The van der Waals surface area contributed by atoms with Crippen LogP contribution in [-0.4, -0.2) is 18.9 Å². The SMILES string of the molecule is COc1cccc(C)c1C=NC(C)(C)C. The number of hydrogen-bond donors (Lipinski definition) is 0. The predicted molar refractivity (Wildman–Crippen MR) is 65.1 cm³/mol. The standard InChI is InChI=1S/C13H19NO/c1-10-7-6-8-12(15-5)11(10)9-14-13(2,3)4/h6-9H,1-5H3. The molecule has 15 heavy (non-hydrogen) atoms. The summed E-state index contributed by atoms with van der Waals surface area (Å²) in [5.74, 6) is 0.878. The molecule has 0 amide bonds. The molecule has 82 valence electrons. The summed E-state index contributed by atoms with van der Waals surface area (Å²) in [6.07, 6.45) is 1.90. The van der Waals surface area contributed by atoms with Crippen LogP contribution in [0.15, 0.2) is 23.2 Å². The van der Waals surface area contributed by atoms with Gasteiger partial charge < -0.3 is 4.74 Å². The maximum atomic E-state index is 5.30. The van der Waals surface area contributed by atoms with Gasteiger partial charge in [0, 0.05) is 11.8 Å². The van der Waals surface area contributed by atoms with Crippen LogP contribution in [0.4, 0.5) is 0 Å². The number of rotatable bonds is 2. The molecule has 1 aromatic carbocycles. The summed E-state index contributed by atoms with van der Waals surface area (Å²) in [5.41, 5.74) is 2.20. The molecule has 1 rings (SSSR count). The molecule has 0 aliphatic carbocycles. The fourth-order valence-corrected chi connectivity index (χ4v) is 1.26. The van der Waals surface area contributed by atoms with Crippen LogP contribution in [0, 0.1) is 6.92 Å². The zero-order chi connectivity index (χ0) is 11.5. The molecule has 2 heteroatoms. The zero-order valence-electron chi connectivity index (χ0n) is 10.2. The highest BCUT2D eigenvalue weighted by molar-refractivity contribution is 5.85. The number of nitrogens with zero attached hydrogens (tertiary/aromatic N) is 1. The molecule has 0 aliphatic rings. The first kappa shape index (κ1) is 11.8. The van der Waals surface area contributed by atoms with Crippen LogP contribution in [0.25, 0.3) is 0 Å². The number of benzene rings is 1. The number of aliphatic imine (C=N–C) groups is 1. The molecular weight excluding hydrogens is 186 g/mol. The van der Waals surface area contributed by atoms with Gasteiger partial charge in [0.2, 0.25) is 0 Å². The van der Waals surface area contributed by atoms with Crippen LogP contribution in [0.5, 0.6) is 5.75 Å². The Balaban J connectivity index is 3.08. The van der Waals surface area contributed by atoms with Crippen molar-refractivity contribution < 1.29 is 4.74 Å². The Kier molecular flexibility index (Phi) is 3.51. The van der Waals surface area contributed by atoms with Crippen LogP contribution in [0.1, 0.15) is 31.9 Å². The number of aryl methyl sites for hydroxylation is 1. The molecule has 0 aliphatic heterocycles. The largest absolute Gasteiger partial charge is 0.496 e. The highest BCUT2D eigenvalue weighted by atomic mass is 16.5. The van der Waals surface area contributed by atoms with Crippen molar-refractivity contribution in [1.82, 2.24) is 0 Å². The monoisotopic (exact) mass is 205 g/mol. The van der Waals surface area contributed by atoms with Crippen molar-refractivity contribution in [2.45, 2.75) is 33.2 Å². The summed E-state index contributed by atoms with van der Waals surface area (Å²) in [4.78, 5) is 4.49. The first-order chi connectivity index (χ1) is 6.94. The van der Waals surface area contributed by atoms with Crippen molar-refractivity contribution in [3.63, 3.8) is 0 Å². The van der Waals surface area contributed by atoms with Crippen molar-refractivity contribution >= 4 is 6.21 Å². The van der Waals surface area contributed by atoms with Gasteiger partial charge in [0.1, 0.15) is 5.75 Å². The Bertz CT molecular complexity index is 361. The lowest BCUT2D eigenvalue weighted by atomic mass is 10.1. The van der Waals surface area contributed by atoms with Gasteiger partial charge in [-0.15, -0.1) is 0 Å². The first-order valence-electron chi connectivity index (χ1n) is 5.13. The van der Waals surface area contributed by atoms with Crippen molar-refractivity contribution in [3.8, 4) is 5.75 Å². The minimum absolute atomic E-state index is 0.0483. The molecule has 0 fully saturated rings. The van der Waals surface area contributed by atoms with Crippen LogP contribution in [-0.2, 0) is 0 Å². The Morgan fingerprint density at radius 1 is 1.27 bits per heavy atom. The third-order valence-electron chi connectivity index (χ3n) is 2.08. The number of hydrogen-bond acceptors (Lipinski definition) is 2. The first-order valence-corrected chi connectivity index (χ1v) is 5.13. The second kappa shape index (κ2) is 4.47. The van der Waals surface area contributed by atoms with E-state index in [1.54, 1.807) is 7.11 Å². The van der Waals surface area contributed by atoms with E-state index in [2.05, 4.69) is 38.8 Å². The van der Waals surface area contributed by atoms with E-state index in [4.69, 9.17) is 4.74 Å². The smallest absolute Gasteiger partial charge is 0.127 e. The van der Waals surface area contributed by atoms with Crippen molar-refractivity contribution in [2.24, 2.45) is 4.99 Å². The second-order valence-corrected chi connectivity index (χ2v) is 4.62. The lowest BCUT2D eigenvalue weighted by molar-refractivity contribution is 0.413. The molecule has 0 saturated heterocycles. The Labute approximate surface area is 92.0 Å². The van der Waals surface area contributed by atoms with E-state index in [0.29, 0.717) is 0 Å². The highest BCUT2D eigenvalue weighted by Gasteiger charge is 2.07. The third kappa shape index (κ3) is 3.39. The molecule has 2 nitrogen and oxygen atoms in total. The van der Waals surface area contributed by atoms with Crippen LogP contribution >= 0.6 is 0 Å². The maximum absolute atomic E-state index is 5.30. The predicted octanol–water partition coefficient (Wildman–Crippen LogP) is 3.22. The fourth-order valence-electron chi connectivity index (χ4n) is 1.26. The Morgan fingerprint density at radius 3 is 2.47 bits per heavy atom. The molecule has 0 saturated carbocycles. The minimum Gasteiger partial charge on any atom is -0.496 e. The van der Waals surface area contributed by atoms with Gasteiger partial charge in [-0.25, -0.2) is 0 Å². The van der Waals surface area contributed by atoms with Crippen molar-refractivity contribution in [2.75, 3.05) is 7.11 Å². The summed E-state index contributed by atoms with van der Waals surface area (Å²) in [6, 6.07) is 6.01. The van der Waals surface area contributed by atoms with Gasteiger partial charge in [-0.05, 0) is 39.3 Å². The molecule has 0 N–H and O–H groups in total. The fraction of sp³-hybridized carbons (Fsp3) is 0.462. The average molecular weight is 205 g/mol. The highest BCUT2D eigenvalue weighted by Crippen LogP contribution is 2.20. The van der Waals surface area contributed by atoms with Crippen LogP contribution < -0.4 is 4.74 Å². The van der Waals surface area contributed by atoms with Gasteiger partial charge in [0.15, 0.2) is 0 Å². The van der Waals surface area contributed by atoms with Crippen LogP contribution in [0.3, 0.4) is 0 Å². The van der Waals surface area contributed by atoms with E-state index < -0.39 is 0 Å². The normalized spacial score (nSPS) is 12.1. The molecule has 0 atom stereocenters. The molecule has 0 heterocycles. The second-order valence-electron chi connectivity index (χ2n) is 4.62. The quantitative estimate of drug-likeness (QED) is 0.679. The maximum Gasteiger partial charge on any atom is 0.127 e. The van der Waals surface area contributed by atoms with E-state index in [-0.39, 0.29) is 5.54 Å². The lowest BCUT2D eigenvalue weighted by Gasteiger charge is -2.13. The summed E-state index contributed by atoms with van der Waals surface area (Å²) in [5, 5.41) is 0. The zero-order valence-corrected chi connectivity index (χ0v) is 10.2. The van der Waals surface area contributed by atoms with E-state index in [1.165, 1.54) is 5.56 Å². The van der Waals surface area contributed by atoms with Crippen molar-refractivity contribution in [3.05, 3.63) is 29.3 Å². The molecule has 0 aromatic heterocycles. The van der Waals surface area contributed by atoms with E-state index in [0.717, 1.165) is 11.3 Å². The van der Waals surface area contributed by atoms with Gasteiger partial charge in [0.05, 0.1) is 12.6 Å². The van der Waals surface area contributed by atoms with E-state index in [1.807, 2.05) is 18.3 Å². The molecule has 0 radical (unpaired) electrons. The average Bonchev–Trinajstić information content (AvgIpc) is 2.14. The molecule has 1 aromatic rings. The van der Waals surface area contributed by atoms with Crippen molar-refractivity contribution in [1.29, 1.82) is 0 Å². The van der Waals surface area contributed by atoms with Gasteiger partial charge in [-0.1, -0.05) is 12.1 Å². The van der Waals surface area contributed by atoms with Gasteiger partial charge in [-0.2, -0.15) is 0 Å². The summed E-state index contributed by atoms with van der Waals surface area (Å²) in [6.45, 7) is 8.29. The van der Waals surface area contributed by atoms with Gasteiger partial charge in [0.25, 0.3) is 0 Å². The minimum atomic E-state index is -0.0483. The van der Waals surface area contributed by atoms with Crippen LogP contribution in [0.2, 0.25) is 0 Å². The van der Waals surface area contributed by atoms with Gasteiger partial charge >= 0.3 is 0 Å². The molecule has 0 unspecified atom stereocenters. The third-order valence-corrected chi connectivity index (χ3v) is 2.08. The topological polar surface area (TPSA) is 21.6 Å². The molecular formula is C13H19NO. The van der Waals surface area contributed by atoms with E-state index >= 15 is 0 Å². The summed E-state index contributed by atoms with van der Waals surface area (Å²) < 4.78 is 5.30. The molecule has 0 bridgehead atoms. The number of methoxy groups -OCH3 is 1. The molecule has 0 spiro atoms. The lowest BCUT2D eigenvalue weighted by Crippen LogP contribution is -2.10. The summed E-state index contributed by atoms with van der Waals surface area (Å²) in [7, 11) is 1.68. The van der Waals surface area contributed by atoms with E-state index in [9.17, 15) is 0 Å². The number of ether oxygens (including phenoxy) is 1.